The minimum Gasteiger partial charge on any atom is -0.384 e. The smallest absolute Gasteiger partial charge is 0.326 e. The Bertz CT molecular complexity index is 1050. The molecule has 31 heavy (non-hydrogen) atoms. The molecule has 0 radical (unpaired) electrons. The Kier molecular flexibility index (Phi) is 4.97. The minimum absolute atomic E-state index is 0.0889. The van der Waals surface area contributed by atoms with Gasteiger partial charge in [0.1, 0.15) is 5.70 Å². The van der Waals surface area contributed by atoms with Crippen molar-refractivity contribution in [2.75, 3.05) is 30.9 Å². The van der Waals surface area contributed by atoms with E-state index in [9.17, 15) is 9.59 Å². The van der Waals surface area contributed by atoms with Gasteiger partial charge in [-0.25, -0.2) is 4.79 Å². The first-order valence-electron chi connectivity index (χ1n) is 10.6. The van der Waals surface area contributed by atoms with E-state index in [2.05, 4.69) is 36.3 Å². The van der Waals surface area contributed by atoms with Gasteiger partial charge in [0, 0.05) is 30.7 Å². The molecule has 3 heterocycles. The number of hydrogen-bond acceptors (Lipinski definition) is 8. The molecule has 11 nitrogen and oxygen atoms in total. The molecule has 0 atom stereocenters. The molecule has 3 aliphatic rings. The van der Waals surface area contributed by atoms with E-state index >= 15 is 0 Å². The van der Waals surface area contributed by atoms with E-state index in [1.54, 1.807) is 23.9 Å². The Balaban J connectivity index is 1.47. The summed E-state index contributed by atoms with van der Waals surface area (Å²) in [5, 5.41) is 15.9. The van der Waals surface area contributed by atoms with Gasteiger partial charge in [0.2, 0.25) is 11.9 Å². The van der Waals surface area contributed by atoms with Crippen LogP contribution >= 0.6 is 0 Å². The third-order valence-electron chi connectivity index (χ3n) is 6.06. The lowest BCUT2D eigenvalue weighted by Crippen LogP contribution is -2.32. The maximum absolute atomic E-state index is 11.9. The van der Waals surface area contributed by atoms with E-state index in [1.807, 2.05) is 0 Å². The number of methoxy groups -OCH3 is 1. The van der Waals surface area contributed by atoms with Gasteiger partial charge in [0.25, 0.3) is 5.91 Å². The molecule has 2 aromatic heterocycles. The van der Waals surface area contributed by atoms with Crippen LogP contribution in [0.15, 0.2) is 11.9 Å². The number of hydrogen-bond donors (Lipinski definition) is 4. The maximum atomic E-state index is 11.9. The second-order valence-electron chi connectivity index (χ2n) is 8.58. The van der Waals surface area contributed by atoms with Gasteiger partial charge < -0.3 is 20.7 Å². The summed E-state index contributed by atoms with van der Waals surface area (Å²) in [4.78, 5) is 32.7. The van der Waals surface area contributed by atoms with Crippen molar-refractivity contribution in [3.05, 3.63) is 17.5 Å². The second-order valence-corrected chi connectivity index (χ2v) is 8.58. The Labute approximate surface area is 179 Å². The number of rotatable bonds is 8. The van der Waals surface area contributed by atoms with Crippen molar-refractivity contribution in [1.82, 2.24) is 30.2 Å². The third-order valence-corrected chi connectivity index (χ3v) is 6.06. The van der Waals surface area contributed by atoms with Gasteiger partial charge in [-0.15, -0.1) is 0 Å². The van der Waals surface area contributed by atoms with Crippen molar-refractivity contribution in [2.45, 2.75) is 44.6 Å². The topological polar surface area (TPSA) is 135 Å². The van der Waals surface area contributed by atoms with Crippen LogP contribution < -0.4 is 21.3 Å². The average molecular weight is 426 g/mol. The Morgan fingerprint density at radius 3 is 2.74 bits per heavy atom. The number of fused-ring (bicyclic) bond motifs is 1. The number of imide groups is 1. The summed E-state index contributed by atoms with van der Waals surface area (Å²) in [7, 11) is 1.74. The van der Waals surface area contributed by atoms with Crippen molar-refractivity contribution < 1.29 is 14.3 Å². The quantitative estimate of drug-likeness (QED) is 0.368. The largest absolute Gasteiger partial charge is 0.384 e. The fourth-order valence-electron chi connectivity index (χ4n) is 4.29. The highest BCUT2D eigenvalue weighted by molar-refractivity contribution is 6.14. The van der Waals surface area contributed by atoms with E-state index in [-0.39, 0.29) is 11.1 Å². The SMILES string of the molecule is COCC1(CNc2nc(NC3CC3)n3ncc(/C=C4\NC(=O)NC4=O)c3n2)CCCC1. The highest BCUT2D eigenvalue weighted by Crippen LogP contribution is 2.38. The van der Waals surface area contributed by atoms with Crippen molar-refractivity contribution in [3.63, 3.8) is 0 Å². The summed E-state index contributed by atoms with van der Waals surface area (Å²) >= 11 is 0. The van der Waals surface area contributed by atoms with E-state index in [0.717, 1.165) is 32.2 Å². The number of anilines is 2. The molecule has 4 N–H and O–H groups in total. The zero-order valence-corrected chi connectivity index (χ0v) is 17.4. The van der Waals surface area contributed by atoms with Gasteiger partial charge in [-0.1, -0.05) is 12.8 Å². The van der Waals surface area contributed by atoms with Crippen LogP contribution in [0.25, 0.3) is 11.7 Å². The van der Waals surface area contributed by atoms with Crippen LogP contribution in [0.1, 0.15) is 44.1 Å². The molecule has 2 saturated carbocycles. The molecule has 0 unspecified atom stereocenters. The van der Waals surface area contributed by atoms with Crippen LogP contribution in [-0.2, 0) is 9.53 Å². The summed E-state index contributed by atoms with van der Waals surface area (Å²) in [5.41, 5.74) is 1.42. The highest BCUT2D eigenvalue weighted by atomic mass is 16.5. The zero-order valence-electron chi connectivity index (χ0n) is 17.4. The zero-order chi connectivity index (χ0) is 21.4. The predicted octanol–water partition coefficient (Wildman–Crippen LogP) is 1.50. The van der Waals surface area contributed by atoms with Gasteiger partial charge in [-0.3, -0.25) is 10.1 Å². The predicted molar refractivity (Wildman–Crippen MR) is 113 cm³/mol. The molecule has 1 saturated heterocycles. The molecule has 0 spiro atoms. The number of amides is 3. The monoisotopic (exact) mass is 426 g/mol. The van der Waals surface area contributed by atoms with Gasteiger partial charge in [-0.05, 0) is 31.8 Å². The van der Waals surface area contributed by atoms with Crippen molar-refractivity contribution in [2.24, 2.45) is 5.41 Å². The molecular weight excluding hydrogens is 400 g/mol. The van der Waals surface area contributed by atoms with Crippen molar-refractivity contribution >= 4 is 35.6 Å². The molecule has 2 aliphatic carbocycles. The van der Waals surface area contributed by atoms with Crippen molar-refractivity contribution in [3.8, 4) is 0 Å². The van der Waals surface area contributed by atoms with Crippen LogP contribution in [-0.4, -0.2) is 57.8 Å². The number of nitrogens with one attached hydrogen (secondary N) is 4. The van der Waals surface area contributed by atoms with Gasteiger partial charge in [-0.2, -0.15) is 19.6 Å². The van der Waals surface area contributed by atoms with Gasteiger partial charge >= 0.3 is 6.03 Å². The number of carbonyl (C=O) groups excluding carboxylic acids is 2. The lowest BCUT2D eigenvalue weighted by Gasteiger charge is -2.28. The molecule has 1 aliphatic heterocycles. The molecular formula is C20H26N8O3. The van der Waals surface area contributed by atoms with Crippen LogP contribution in [0.3, 0.4) is 0 Å². The fourth-order valence-corrected chi connectivity index (χ4v) is 4.29. The van der Waals surface area contributed by atoms with Gasteiger partial charge in [0.05, 0.1) is 12.8 Å². The van der Waals surface area contributed by atoms with Gasteiger partial charge in [0.15, 0.2) is 5.65 Å². The van der Waals surface area contributed by atoms with Crippen LogP contribution in [0.4, 0.5) is 16.7 Å². The Morgan fingerprint density at radius 1 is 1.26 bits per heavy atom. The van der Waals surface area contributed by atoms with Crippen LogP contribution in [0.5, 0.6) is 0 Å². The summed E-state index contributed by atoms with van der Waals surface area (Å²) in [6, 6.07) is -0.160. The number of nitrogens with zero attached hydrogens (tertiary/aromatic N) is 4. The Hall–Kier alpha value is -3.21. The third kappa shape index (κ3) is 4.05. The Morgan fingerprint density at radius 2 is 2.06 bits per heavy atom. The summed E-state index contributed by atoms with van der Waals surface area (Å²) < 4.78 is 7.11. The molecule has 0 aromatic carbocycles. The van der Waals surface area contributed by atoms with Crippen LogP contribution in [0, 0.1) is 5.41 Å². The number of ether oxygens (including phenoxy) is 1. The number of carbonyl (C=O) groups is 2. The molecule has 164 valence electrons. The lowest BCUT2D eigenvalue weighted by atomic mass is 9.87. The average Bonchev–Trinajstić information content (AvgIpc) is 3.14. The first-order chi connectivity index (χ1) is 15.0. The summed E-state index contributed by atoms with van der Waals surface area (Å²) in [6.45, 7) is 1.43. The molecule has 11 heteroatoms. The fraction of sp³-hybridized carbons (Fsp3) is 0.550. The van der Waals surface area contributed by atoms with E-state index in [0.29, 0.717) is 35.8 Å². The summed E-state index contributed by atoms with van der Waals surface area (Å²) in [6.07, 6.45) is 10.0. The number of aromatic nitrogens is 4. The first-order valence-corrected chi connectivity index (χ1v) is 10.6. The second kappa shape index (κ2) is 7.80. The van der Waals surface area contributed by atoms with E-state index in [4.69, 9.17) is 4.74 Å². The molecule has 0 bridgehead atoms. The molecule has 5 rings (SSSR count). The highest BCUT2D eigenvalue weighted by Gasteiger charge is 2.34. The molecule has 2 aromatic rings. The molecule has 3 amide bonds. The first kappa shape index (κ1) is 19.7. The van der Waals surface area contributed by atoms with Crippen LogP contribution in [0.2, 0.25) is 0 Å². The van der Waals surface area contributed by atoms with E-state index < -0.39 is 11.9 Å². The number of urea groups is 1. The standard InChI is InChI=1S/C20H26N8O3/c1-31-11-20(6-2-3-7-20)10-21-17-25-15-12(8-14-16(29)26-19(30)24-14)9-22-28(15)18(27-17)23-13-4-5-13/h8-9,13H,2-7,10-11H2,1H3,(H2,21,23,25,27)(H2,24,26,29,30)/b14-8-. The normalized spacial score (nSPS) is 21.5. The van der Waals surface area contributed by atoms with Crippen molar-refractivity contribution in [1.29, 1.82) is 0 Å². The molecule has 3 fully saturated rings. The maximum Gasteiger partial charge on any atom is 0.326 e. The summed E-state index contributed by atoms with van der Waals surface area (Å²) in [5.74, 6) is 0.626. The minimum atomic E-state index is -0.541. The van der Waals surface area contributed by atoms with E-state index in [1.165, 1.54) is 12.8 Å². The lowest BCUT2D eigenvalue weighted by molar-refractivity contribution is -0.115.